The molecule has 2 heterocycles. The molecular weight excluding hydrogens is 552 g/mol. The Morgan fingerprint density at radius 2 is 1.56 bits per heavy atom. The molecule has 1 saturated heterocycles. The first-order valence-electron chi connectivity index (χ1n) is 14.0. The molecule has 2 aromatic carbocycles. The molecule has 11 heteroatoms. The molecule has 0 aliphatic carbocycles. The lowest BCUT2D eigenvalue weighted by Gasteiger charge is -2.36. The summed E-state index contributed by atoms with van der Waals surface area (Å²) in [4.78, 5) is 59.3. The van der Waals surface area contributed by atoms with Crippen molar-refractivity contribution in [3.05, 3.63) is 95.8 Å². The molecule has 1 aliphatic rings. The topological polar surface area (TPSA) is 158 Å². The summed E-state index contributed by atoms with van der Waals surface area (Å²) in [6, 6.07) is 17.5. The standard InChI is InChI=1S/C32H36N4O7/c1-19-28(38)23(17-21-11-6-4-7-12-21)34-29(39)26(35-30(40)27-25(37)15-10-16-33-27)20(2)43-32(42)24(36(3)31(19)41)18-22-13-8-5-9-14-22/h4-16,19-20,23-24,26,28,37-38H,17-18H2,1-3H3,(H,34,39)(H,35,40)/t19-,20-,23+,24?,26+,28+/m1/s1. The maximum Gasteiger partial charge on any atom is 0.329 e. The molecule has 1 unspecified atom stereocenters. The monoisotopic (exact) mass is 588 g/mol. The molecule has 226 valence electrons. The zero-order valence-corrected chi connectivity index (χ0v) is 24.2. The Morgan fingerprint density at radius 3 is 2.16 bits per heavy atom. The third-order valence-electron chi connectivity index (χ3n) is 7.64. The Balaban J connectivity index is 1.72. The lowest BCUT2D eigenvalue weighted by molar-refractivity contribution is -0.163. The van der Waals surface area contributed by atoms with Gasteiger partial charge < -0.3 is 30.5 Å². The average Bonchev–Trinajstić information content (AvgIpc) is 3.01. The van der Waals surface area contributed by atoms with E-state index in [1.54, 1.807) is 0 Å². The summed E-state index contributed by atoms with van der Waals surface area (Å²) in [6.07, 6.45) is -0.948. The van der Waals surface area contributed by atoms with Gasteiger partial charge in [0.15, 0.2) is 5.69 Å². The Bertz CT molecular complexity index is 1440. The predicted octanol–water partition coefficient (Wildman–Crippen LogP) is 1.63. The van der Waals surface area contributed by atoms with Crippen molar-refractivity contribution < 1.29 is 34.1 Å². The number of ether oxygens (including phenoxy) is 1. The second-order valence-corrected chi connectivity index (χ2v) is 10.7. The number of rotatable bonds is 6. The molecular formula is C32H36N4O7. The van der Waals surface area contributed by atoms with Crippen LogP contribution in [-0.2, 0) is 32.0 Å². The zero-order chi connectivity index (χ0) is 31.1. The smallest absolute Gasteiger partial charge is 0.329 e. The number of hydrogen-bond donors (Lipinski definition) is 4. The number of nitrogens with zero attached hydrogens (tertiary/aromatic N) is 2. The maximum absolute atomic E-state index is 13.8. The highest BCUT2D eigenvalue weighted by Gasteiger charge is 2.41. The number of benzene rings is 2. The molecule has 3 aromatic rings. The summed E-state index contributed by atoms with van der Waals surface area (Å²) in [7, 11) is 1.48. The van der Waals surface area contributed by atoms with Crippen LogP contribution in [0, 0.1) is 5.92 Å². The van der Waals surface area contributed by atoms with Crippen LogP contribution in [0.5, 0.6) is 5.75 Å². The molecule has 3 amide bonds. The highest BCUT2D eigenvalue weighted by atomic mass is 16.5. The van der Waals surface area contributed by atoms with Crippen molar-refractivity contribution in [3.63, 3.8) is 0 Å². The van der Waals surface area contributed by atoms with Gasteiger partial charge in [-0.2, -0.15) is 0 Å². The molecule has 4 N–H and O–H groups in total. The van der Waals surface area contributed by atoms with E-state index in [-0.39, 0.29) is 18.5 Å². The maximum atomic E-state index is 13.8. The number of nitrogens with one attached hydrogen (secondary N) is 2. The van der Waals surface area contributed by atoms with Gasteiger partial charge in [0, 0.05) is 19.7 Å². The van der Waals surface area contributed by atoms with Gasteiger partial charge in [-0.1, -0.05) is 67.6 Å². The molecule has 0 spiro atoms. The lowest BCUT2D eigenvalue weighted by atomic mass is 9.90. The first-order valence-corrected chi connectivity index (χ1v) is 14.0. The van der Waals surface area contributed by atoms with Crippen LogP contribution in [0.25, 0.3) is 0 Å². The van der Waals surface area contributed by atoms with Gasteiger partial charge in [0.2, 0.25) is 11.8 Å². The number of pyridine rings is 1. The third kappa shape index (κ3) is 7.55. The number of hydrogen-bond acceptors (Lipinski definition) is 8. The minimum Gasteiger partial charge on any atom is -0.505 e. The van der Waals surface area contributed by atoms with Crippen LogP contribution in [0.3, 0.4) is 0 Å². The normalized spacial score (nSPS) is 25.1. The number of esters is 1. The first kappa shape index (κ1) is 31.2. The van der Waals surface area contributed by atoms with Crippen molar-refractivity contribution in [3.8, 4) is 5.75 Å². The van der Waals surface area contributed by atoms with Gasteiger partial charge in [0.05, 0.1) is 18.1 Å². The fourth-order valence-electron chi connectivity index (χ4n) is 5.09. The van der Waals surface area contributed by atoms with E-state index in [0.29, 0.717) is 0 Å². The number of carbonyl (C=O) groups is 4. The summed E-state index contributed by atoms with van der Waals surface area (Å²) in [6.45, 7) is 2.98. The van der Waals surface area contributed by atoms with Crippen molar-refractivity contribution in [2.24, 2.45) is 5.92 Å². The van der Waals surface area contributed by atoms with Crippen molar-refractivity contribution in [1.29, 1.82) is 0 Å². The van der Waals surface area contributed by atoms with E-state index in [1.165, 1.54) is 44.1 Å². The van der Waals surface area contributed by atoms with Gasteiger partial charge >= 0.3 is 5.97 Å². The van der Waals surface area contributed by atoms with Crippen LogP contribution in [-0.4, -0.2) is 81.2 Å². The number of aliphatic hydroxyl groups excluding tert-OH is 1. The van der Waals surface area contributed by atoms with Gasteiger partial charge in [-0.25, -0.2) is 9.78 Å². The van der Waals surface area contributed by atoms with E-state index >= 15 is 0 Å². The highest BCUT2D eigenvalue weighted by molar-refractivity contribution is 5.98. The lowest BCUT2D eigenvalue weighted by Crippen LogP contribution is -2.61. The van der Waals surface area contributed by atoms with E-state index in [0.717, 1.165) is 11.1 Å². The summed E-state index contributed by atoms with van der Waals surface area (Å²) >= 11 is 0. The number of aromatic hydroxyl groups is 1. The van der Waals surface area contributed by atoms with E-state index in [1.807, 2.05) is 60.7 Å². The molecule has 4 rings (SSSR count). The summed E-state index contributed by atoms with van der Waals surface area (Å²) < 4.78 is 5.74. The van der Waals surface area contributed by atoms with Crippen LogP contribution in [0.1, 0.15) is 35.5 Å². The highest BCUT2D eigenvalue weighted by Crippen LogP contribution is 2.21. The fourth-order valence-corrected chi connectivity index (χ4v) is 5.09. The largest absolute Gasteiger partial charge is 0.505 e. The molecule has 43 heavy (non-hydrogen) atoms. The van der Waals surface area contributed by atoms with Crippen LogP contribution >= 0.6 is 0 Å². The van der Waals surface area contributed by atoms with Gasteiger partial charge in [-0.3, -0.25) is 14.4 Å². The van der Waals surface area contributed by atoms with Crippen LogP contribution in [0.2, 0.25) is 0 Å². The number of cyclic esters (lactones) is 1. The van der Waals surface area contributed by atoms with E-state index in [2.05, 4.69) is 15.6 Å². The second kappa shape index (κ2) is 13.9. The number of aromatic nitrogens is 1. The number of amides is 3. The van der Waals surface area contributed by atoms with Crippen LogP contribution in [0.15, 0.2) is 79.0 Å². The van der Waals surface area contributed by atoms with E-state index in [9.17, 15) is 29.4 Å². The molecule has 11 nitrogen and oxygen atoms in total. The Morgan fingerprint density at radius 1 is 0.953 bits per heavy atom. The first-order chi connectivity index (χ1) is 20.6. The molecule has 1 fully saturated rings. The van der Waals surface area contributed by atoms with Gasteiger partial charge in [-0.15, -0.1) is 0 Å². The molecule has 0 radical (unpaired) electrons. The third-order valence-corrected chi connectivity index (χ3v) is 7.64. The van der Waals surface area contributed by atoms with Crippen molar-refractivity contribution in [2.45, 2.75) is 57.0 Å². The number of likely N-dealkylation sites (N-methyl/N-ethyl adjacent to an activating group) is 1. The number of carbonyl (C=O) groups excluding carboxylic acids is 4. The molecule has 6 atom stereocenters. The number of aliphatic hydroxyl groups is 1. The molecule has 1 aliphatic heterocycles. The van der Waals surface area contributed by atoms with Crippen molar-refractivity contribution in [1.82, 2.24) is 20.5 Å². The minimum atomic E-state index is -1.43. The average molecular weight is 589 g/mol. The van der Waals surface area contributed by atoms with Crippen molar-refractivity contribution in [2.75, 3.05) is 7.05 Å². The quantitative estimate of drug-likeness (QED) is 0.317. The van der Waals surface area contributed by atoms with Gasteiger partial charge in [0.1, 0.15) is 23.9 Å². The second-order valence-electron chi connectivity index (χ2n) is 10.7. The Hall–Kier alpha value is -4.77. The van der Waals surface area contributed by atoms with Crippen LogP contribution < -0.4 is 10.6 Å². The van der Waals surface area contributed by atoms with Crippen molar-refractivity contribution >= 4 is 23.7 Å². The Labute approximate surface area is 249 Å². The predicted molar refractivity (Wildman–Crippen MR) is 157 cm³/mol. The zero-order valence-electron chi connectivity index (χ0n) is 24.2. The van der Waals surface area contributed by atoms with Gasteiger partial charge in [-0.05, 0) is 36.6 Å². The SMILES string of the molecule is C[C@H]1OC(=O)C(Cc2ccccc2)N(C)C(=O)[C@H](C)[C@H](O)[C@H](Cc2ccccc2)NC(=O)[C@H]1NC(=O)c1ncccc1O. The molecule has 0 saturated carbocycles. The summed E-state index contributed by atoms with van der Waals surface area (Å²) in [5, 5.41) is 26.9. The van der Waals surface area contributed by atoms with E-state index < -0.39 is 65.7 Å². The molecule has 0 bridgehead atoms. The fraction of sp³-hybridized carbons (Fsp3) is 0.344. The summed E-state index contributed by atoms with van der Waals surface area (Å²) in [5.41, 5.74) is 1.25. The minimum absolute atomic E-state index is 0.121. The Kier molecular flexibility index (Phi) is 10.1. The van der Waals surface area contributed by atoms with E-state index in [4.69, 9.17) is 4.74 Å². The summed E-state index contributed by atoms with van der Waals surface area (Å²) in [5.74, 6) is -4.32. The van der Waals surface area contributed by atoms with Gasteiger partial charge in [0.25, 0.3) is 5.91 Å². The van der Waals surface area contributed by atoms with Crippen LogP contribution in [0.4, 0.5) is 0 Å². The molecule has 1 aromatic heterocycles.